The molecular formula is C9H12N4O2S. The van der Waals surface area contributed by atoms with E-state index >= 15 is 0 Å². The van der Waals surface area contributed by atoms with E-state index in [1.54, 1.807) is 0 Å². The van der Waals surface area contributed by atoms with E-state index in [1.807, 2.05) is 0 Å². The predicted octanol–water partition coefficient (Wildman–Crippen LogP) is 0.982. The number of carbonyl (C=O) groups is 1. The first-order valence-electron chi connectivity index (χ1n) is 5.08. The van der Waals surface area contributed by atoms with Crippen LogP contribution in [-0.4, -0.2) is 27.5 Å². The Morgan fingerprint density at radius 3 is 2.88 bits per heavy atom. The zero-order chi connectivity index (χ0) is 11.4. The molecule has 0 spiro atoms. The van der Waals surface area contributed by atoms with Gasteiger partial charge in [0, 0.05) is 11.5 Å². The maximum atomic E-state index is 10.8. The van der Waals surface area contributed by atoms with Crippen LogP contribution in [-0.2, 0) is 9.63 Å². The Morgan fingerprint density at radius 1 is 1.56 bits per heavy atom. The Hall–Kier alpha value is -1.50. The van der Waals surface area contributed by atoms with Gasteiger partial charge in [0.1, 0.15) is 6.10 Å². The molecule has 0 bridgehead atoms. The van der Waals surface area contributed by atoms with Crippen molar-refractivity contribution in [2.45, 2.75) is 31.8 Å². The van der Waals surface area contributed by atoms with Crippen LogP contribution in [0.5, 0.6) is 0 Å². The third-order valence-electron chi connectivity index (χ3n) is 2.38. The number of nitrogens with two attached hydrogens (primary N) is 1. The Bertz CT molecular complexity index is 398. The van der Waals surface area contributed by atoms with Gasteiger partial charge in [0.25, 0.3) is 0 Å². The molecule has 16 heavy (non-hydrogen) atoms. The van der Waals surface area contributed by atoms with Gasteiger partial charge in [0.15, 0.2) is 23.0 Å². The molecule has 0 amide bonds. The molecule has 6 nitrogen and oxygen atoms in total. The van der Waals surface area contributed by atoms with Gasteiger partial charge in [-0.25, -0.2) is 0 Å². The second-order valence-corrected chi connectivity index (χ2v) is 4.35. The topological polar surface area (TPSA) is 90.5 Å². The summed E-state index contributed by atoms with van der Waals surface area (Å²) in [6.45, 7) is 0. The minimum atomic E-state index is 0.0971. The molecule has 1 aliphatic carbocycles. The maximum absolute atomic E-state index is 10.8. The van der Waals surface area contributed by atoms with E-state index in [0.29, 0.717) is 11.4 Å². The third kappa shape index (κ3) is 2.54. The number of rotatable bonds is 4. The number of nitrogens with zero attached hydrogens (tertiary/aromatic N) is 3. The fraction of sp³-hybridized carbons (Fsp3) is 0.556. The summed E-state index contributed by atoms with van der Waals surface area (Å²) < 4.78 is 3.90. The van der Waals surface area contributed by atoms with Gasteiger partial charge in [0.05, 0.1) is 0 Å². The number of nitrogen functional groups attached to an aromatic ring is 1. The van der Waals surface area contributed by atoms with Crippen molar-refractivity contribution in [3.05, 3.63) is 5.82 Å². The van der Waals surface area contributed by atoms with Crippen LogP contribution in [0.4, 0.5) is 5.13 Å². The molecule has 1 aromatic rings. The highest BCUT2D eigenvalue weighted by atomic mass is 32.1. The Balaban J connectivity index is 2.03. The summed E-state index contributed by atoms with van der Waals surface area (Å²) in [4.78, 5) is 19.9. The summed E-state index contributed by atoms with van der Waals surface area (Å²) in [7, 11) is 0. The fourth-order valence-corrected chi connectivity index (χ4v) is 2.02. The molecule has 0 saturated heterocycles. The number of aldehydes is 1. The second kappa shape index (κ2) is 5.02. The van der Waals surface area contributed by atoms with Gasteiger partial charge in [-0.2, -0.15) is 9.36 Å². The van der Waals surface area contributed by atoms with Crippen molar-refractivity contribution in [2.24, 2.45) is 5.16 Å². The molecule has 2 rings (SSSR count). The number of anilines is 1. The quantitative estimate of drug-likeness (QED) is 0.481. The highest BCUT2D eigenvalue weighted by Crippen LogP contribution is 2.21. The van der Waals surface area contributed by atoms with Gasteiger partial charge in [0.2, 0.25) is 0 Å². The minimum Gasteiger partial charge on any atom is -0.392 e. The zero-order valence-electron chi connectivity index (χ0n) is 8.63. The maximum Gasteiger partial charge on any atom is 0.200 e. The fourth-order valence-electron chi connectivity index (χ4n) is 1.58. The number of oxime groups is 1. The summed E-state index contributed by atoms with van der Waals surface area (Å²) in [5.41, 5.74) is 5.52. The van der Waals surface area contributed by atoms with Gasteiger partial charge in [-0.3, -0.25) is 4.79 Å². The number of hydrogen-bond acceptors (Lipinski definition) is 7. The first-order chi connectivity index (χ1) is 7.79. The zero-order valence-corrected chi connectivity index (χ0v) is 9.44. The Kier molecular flexibility index (Phi) is 3.45. The average molecular weight is 240 g/mol. The SMILES string of the molecule is Nc1nc(/C(C=O)=N/OC2CCCC2)ns1. The predicted molar refractivity (Wildman–Crippen MR) is 60.3 cm³/mol. The van der Waals surface area contributed by atoms with Crippen LogP contribution in [0.3, 0.4) is 0 Å². The minimum absolute atomic E-state index is 0.0971. The van der Waals surface area contributed by atoms with Crippen LogP contribution in [0, 0.1) is 0 Å². The van der Waals surface area contributed by atoms with E-state index in [4.69, 9.17) is 10.6 Å². The van der Waals surface area contributed by atoms with Crippen molar-refractivity contribution in [3.63, 3.8) is 0 Å². The van der Waals surface area contributed by atoms with E-state index in [1.165, 1.54) is 0 Å². The summed E-state index contributed by atoms with van der Waals surface area (Å²) in [5.74, 6) is 0.232. The van der Waals surface area contributed by atoms with E-state index in [0.717, 1.165) is 37.2 Å². The van der Waals surface area contributed by atoms with Gasteiger partial charge in [-0.15, -0.1) is 0 Å². The van der Waals surface area contributed by atoms with Crippen LogP contribution in [0.1, 0.15) is 31.5 Å². The van der Waals surface area contributed by atoms with Crippen LogP contribution >= 0.6 is 11.5 Å². The molecule has 1 fully saturated rings. The van der Waals surface area contributed by atoms with Crippen LogP contribution in [0.2, 0.25) is 0 Å². The van der Waals surface area contributed by atoms with Crippen molar-refractivity contribution in [3.8, 4) is 0 Å². The first-order valence-corrected chi connectivity index (χ1v) is 5.85. The van der Waals surface area contributed by atoms with Crippen molar-refractivity contribution in [1.29, 1.82) is 0 Å². The normalized spacial score (nSPS) is 17.6. The molecule has 2 N–H and O–H groups in total. The largest absolute Gasteiger partial charge is 0.392 e. The van der Waals surface area contributed by atoms with Crippen molar-refractivity contribution in [1.82, 2.24) is 9.36 Å². The third-order valence-corrected chi connectivity index (χ3v) is 2.93. The van der Waals surface area contributed by atoms with Gasteiger partial charge in [-0.05, 0) is 25.7 Å². The van der Waals surface area contributed by atoms with Crippen molar-refractivity contribution >= 4 is 28.7 Å². The highest BCUT2D eigenvalue weighted by molar-refractivity contribution is 7.09. The molecule has 0 atom stereocenters. The molecule has 0 radical (unpaired) electrons. The van der Waals surface area contributed by atoms with Crippen LogP contribution in [0.15, 0.2) is 5.16 Å². The molecule has 1 saturated carbocycles. The molecule has 86 valence electrons. The molecule has 0 aliphatic heterocycles. The molecular weight excluding hydrogens is 228 g/mol. The highest BCUT2D eigenvalue weighted by Gasteiger charge is 2.17. The lowest BCUT2D eigenvalue weighted by molar-refractivity contribution is -0.102. The monoisotopic (exact) mass is 240 g/mol. The molecule has 0 unspecified atom stereocenters. The summed E-state index contributed by atoms with van der Waals surface area (Å²) in [6, 6.07) is 0. The molecule has 1 heterocycles. The number of hydrogen-bond donors (Lipinski definition) is 1. The molecule has 1 aliphatic rings. The Morgan fingerprint density at radius 2 is 2.31 bits per heavy atom. The second-order valence-electron chi connectivity index (χ2n) is 3.56. The number of aromatic nitrogens is 2. The lowest BCUT2D eigenvalue weighted by Gasteiger charge is -2.05. The standard InChI is InChI=1S/C9H12N4O2S/c10-9-11-8(13-16-9)7(5-14)12-15-6-3-1-2-4-6/h5-6H,1-4H2,(H2,10,11,13)/b12-7+. The first kappa shape index (κ1) is 11.0. The van der Waals surface area contributed by atoms with Gasteiger partial charge >= 0.3 is 0 Å². The Labute approximate surface area is 96.7 Å². The summed E-state index contributed by atoms with van der Waals surface area (Å²) in [6.07, 6.45) is 4.98. The number of carbonyl (C=O) groups excluding carboxylic acids is 1. The van der Waals surface area contributed by atoms with E-state index in [9.17, 15) is 4.79 Å². The molecule has 7 heteroatoms. The van der Waals surface area contributed by atoms with Crippen LogP contribution in [0.25, 0.3) is 0 Å². The molecule has 0 aromatic carbocycles. The van der Waals surface area contributed by atoms with E-state index < -0.39 is 0 Å². The smallest absolute Gasteiger partial charge is 0.200 e. The van der Waals surface area contributed by atoms with Crippen LogP contribution < -0.4 is 5.73 Å². The van der Waals surface area contributed by atoms with Gasteiger partial charge < -0.3 is 10.6 Å². The average Bonchev–Trinajstić information content (AvgIpc) is 2.91. The van der Waals surface area contributed by atoms with E-state index in [-0.39, 0.29) is 17.6 Å². The lowest BCUT2D eigenvalue weighted by atomic mass is 10.3. The van der Waals surface area contributed by atoms with Crippen molar-refractivity contribution < 1.29 is 9.63 Å². The van der Waals surface area contributed by atoms with E-state index in [2.05, 4.69) is 14.5 Å². The summed E-state index contributed by atoms with van der Waals surface area (Å²) >= 11 is 1.03. The lowest BCUT2D eigenvalue weighted by Crippen LogP contribution is -2.10. The van der Waals surface area contributed by atoms with Crippen molar-refractivity contribution in [2.75, 3.05) is 5.73 Å². The summed E-state index contributed by atoms with van der Waals surface area (Å²) in [5, 5.41) is 4.09. The molecule has 1 aromatic heterocycles. The van der Waals surface area contributed by atoms with Gasteiger partial charge in [-0.1, -0.05) is 5.16 Å².